The Kier molecular flexibility index (Phi) is 7.94. The van der Waals surface area contributed by atoms with Gasteiger partial charge in [-0.2, -0.15) is 0 Å². The number of amides is 1. The standard InChI is InChI=1S/C18H31N5O3.HI/c1-17(2,3)13-11-20-14(25-13)12-21-15(19)22-7-9-23(10-8-22)16(24)26-18(4,5)6;/h11H,7-10,12H2,1-6H3,(H2,19,21);1H. The van der Waals surface area contributed by atoms with Crippen LogP contribution in [0.2, 0.25) is 0 Å². The molecule has 1 amide bonds. The Morgan fingerprint density at radius 3 is 2.22 bits per heavy atom. The van der Waals surface area contributed by atoms with Gasteiger partial charge in [-0.05, 0) is 20.8 Å². The van der Waals surface area contributed by atoms with Gasteiger partial charge in [-0.1, -0.05) is 20.8 Å². The van der Waals surface area contributed by atoms with Crippen molar-refractivity contribution >= 4 is 36.0 Å². The summed E-state index contributed by atoms with van der Waals surface area (Å²) >= 11 is 0. The molecule has 2 rings (SSSR count). The highest BCUT2D eigenvalue weighted by atomic mass is 127. The zero-order valence-corrected chi connectivity index (χ0v) is 19.4. The van der Waals surface area contributed by atoms with Crippen LogP contribution in [0.1, 0.15) is 53.2 Å². The molecule has 0 saturated carbocycles. The van der Waals surface area contributed by atoms with Crippen molar-refractivity contribution in [1.29, 1.82) is 0 Å². The van der Waals surface area contributed by atoms with E-state index in [1.807, 2.05) is 25.7 Å². The minimum absolute atomic E-state index is 0. The van der Waals surface area contributed by atoms with Crippen LogP contribution < -0.4 is 5.73 Å². The molecular formula is C18H32IN5O3. The molecule has 1 aliphatic rings. The molecule has 0 bridgehead atoms. The number of rotatable bonds is 2. The number of halogens is 1. The molecule has 0 radical (unpaired) electrons. The van der Waals surface area contributed by atoms with Crippen LogP contribution in [0.3, 0.4) is 0 Å². The predicted octanol–water partition coefficient (Wildman–Crippen LogP) is 2.96. The number of nitrogens with two attached hydrogens (primary N) is 1. The molecule has 1 aromatic heterocycles. The summed E-state index contributed by atoms with van der Waals surface area (Å²) in [6.07, 6.45) is 1.45. The van der Waals surface area contributed by atoms with Crippen molar-refractivity contribution in [1.82, 2.24) is 14.8 Å². The number of aliphatic imine (C=N–C) groups is 1. The van der Waals surface area contributed by atoms with E-state index < -0.39 is 5.60 Å². The maximum absolute atomic E-state index is 12.1. The average molecular weight is 493 g/mol. The van der Waals surface area contributed by atoms with E-state index in [4.69, 9.17) is 14.9 Å². The molecule has 2 heterocycles. The van der Waals surface area contributed by atoms with Crippen LogP contribution in [0, 0.1) is 0 Å². The van der Waals surface area contributed by atoms with Crippen molar-refractivity contribution in [3.05, 3.63) is 17.8 Å². The molecule has 8 nitrogen and oxygen atoms in total. The number of guanidine groups is 1. The first-order chi connectivity index (χ1) is 12.0. The lowest BCUT2D eigenvalue weighted by atomic mass is 9.94. The van der Waals surface area contributed by atoms with E-state index in [0.29, 0.717) is 44.6 Å². The summed E-state index contributed by atoms with van der Waals surface area (Å²) in [5, 5.41) is 0. The summed E-state index contributed by atoms with van der Waals surface area (Å²) in [6, 6.07) is 0. The lowest BCUT2D eigenvalue weighted by molar-refractivity contribution is 0.0186. The van der Waals surface area contributed by atoms with E-state index in [0.717, 1.165) is 5.76 Å². The molecule has 1 aromatic rings. The van der Waals surface area contributed by atoms with Gasteiger partial charge in [0.25, 0.3) is 0 Å². The summed E-state index contributed by atoms with van der Waals surface area (Å²) in [7, 11) is 0. The highest BCUT2D eigenvalue weighted by molar-refractivity contribution is 14.0. The summed E-state index contributed by atoms with van der Waals surface area (Å²) < 4.78 is 11.1. The van der Waals surface area contributed by atoms with Gasteiger partial charge in [0.15, 0.2) is 5.96 Å². The third-order valence-electron chi connectivity index (χ3n) is 3.92. The van der Waals surface area contributed by atoms with Gasteiger partial charge in [0.1, 0.15) is 17.9 Å². The van der Waals surface area contributed by atoms with Crippen molar-refractivity contribution in [2.75, 3.05) is 26.2 Å². The maximum Gasteiger partial charge on any atom is 0.410 e. The SMILES string of the molecule is CC(C)(C)OC(=O)N1CCN(C(N)=NCc2ncc(C(C)(C)C)o2)CC1.I. The minimum Gasteiger partial charge on any atom is -0.444 e. The predicted molar refractivity (Wildman–Crippen MR) is 115 cm³/mol. The van der Waals surface area contributed by atoms with Crippen molar-refractivity contribution in [2.24, 2.45) is 10.7 Å². The summed E-state index contributed by atoms with van der Waals surface area (Å²) in [5.74, 6) is 1.81. The molecule has 0 spiro atoms. The molecular weight excluding hydrogens is 461 g/mol. The lowest BCUT2D eigenvalue weighted by Gasteiger charge is -2.36. The number of aromatic nitrogens is 1. The normalized spacial score (nSPS) is 16.1. The first kappa shape index (κ1) is 23.5. The minimum atomic E-state index is -0.489. The molecule has 27 heavy (non-hydrogen) atoms. The fourth-order valence-electron chi connectivity index (χ4n) is 2.42. The number of ether oxygens (including phenoxy) is 1. The van der Waals surface area contributed by atoms with E-state index >= 15 is 0 Å². The first-order valence-corrected chi connectivity index (χ1v) is 8.94. The van der Waals surface area contributed by atoms with Gasteiger partial charge in [-0.15, -0.1) is 24.0 Å². The third kappa shape index (κ3) is 7.19. The van der Waals surface area contributed by atoms with Crippen molar-refractivity contribution in [3.8, 4) is 0 Å². The highest BCUT2D eigenvalue weighted by Gasteiger charge is 2.26. The number of hydrogen-bond donors (Lipinski definition) is 1. The van der Waals surface area contributed by atoms with E-state index in [-0.39, 0.29) is 35.5 Å². The van der Waals surface area contributed by atoms with Crippen LogP contribution in [0.25, 0.3) is 0 Å². The fourth-order valence-corrected chi connectivity index (χ4v) is 2.42. The molecule has 1 aliphatic heterocycles. The molecule has 1 fully saturated rings. The average Bonchev–Trinajstić information content (AvgIpc) is 3.00. The van der Waals surface area contributed by atoms with E-state index in [1.165, 1.54) is 0 Å². The van der Waals surface area contributed by atoms with E-state index in [1.54, 1.807) is 11.1 Å². The highest BCUT2D eigenvalue weighted by Crippen LogP contribution is 2.22. The lowest BCUT2D eigenvalue weighted by Crippen LogP contribution is -2.53. The van der Waals surface area contributed by atoms with Gasteiger partial charge >= 0.3 is 6.09 Å². The van der Waals surface area contributed by atoms with Crippen LogP contribution >= 0.6 is 24.0 Å². The monoisotopic (exact) mass is 493 g/mol. The van der Waals surface area contributed by atoms with Crippen molar-refractivity contribution in [3.63, 3.8) is 0 Å². The molecule has 0 aliphatic carbocycles. The zero-order valence-electron chi connectivity index (χ0n) is 17.1. The second-order valence-corrected chi connectivity index (χ2v) is 8.50. The Morgan fingerprint density at radius 1 is 1.19 bits per heavy atom. The fraction of sp³-hybridized carbons (Fsp3) is 0.722. The maximum atomic E-state index is 12.1. The number of carbonyl (C=O) groups is 1. The van der Waals surface area contributed by atoms with Gasteiger partial charge in [0, 0.05) is 31.6 Å². The molecule has 0 atom stereocenters. The second-order valence-electron chi connectivity index (χ2n) is 8.50. The summed E-state index contributed by atoms with van der Waals surface area (Å²) in [6.45, 7) is 14.4. The quantitative estimate of drug-likeness (QED) is 0.387. The number of piperazine rings is 1. The van der Waals surface area contributed by atoms with Gasteiger partial charge in [0.05, 0.1) is 6.20 Å². The van der Waals surface area contributed by atoms with Crippen LogP contribution in [0.4, 0.5) is 4.79 Å². The largest absolute Gasteiger partial charge is 0.444 e. The van der Waals surface area contributed by atoms with E-state index in [9.17, 15) is 4.79 Å². The number of oxazole rings is 1. The Labute approximate surface area is 178 Å². The topological polar surface area (TPSA) is 97.2 Å². The van der Waals surface area contributed by atoms with Gasteiger partial charge in [0.2, 0.25) is 5.89 Å². The van der Waals surface area contributed by atoms with E-state index in [2.05, 4.69) is 30.7 Å². The van der Waals surface area contributed by atoms with Gasteiger partial charge in [-0.25, -0.2) is 14.8 Å². The third-order valence-corrected chi connectivity index (χ3v) is 3.92. The summed E-state index contributed by atoms with van der Waals surface area (Å²) in [5.41, 5.74) is 5.51. The van der Waals surface area contributed by atoms with Gasteiger partial charge < -0.3 is 24.7 Å². The van der Waals surface area contributed by atoms with Crippen LogP contribution in [-0.4, -0.2) is 58.6 Å². The van der Waals surface area contributed by atoms with Crippen molar-refractivity contribution < 1.29 is 13.9 Å². The number of hydrogen-bond acceptors (Lipinski definition) is 5. The summed E-state index contributed by atoms with van der Waals surface area (Å²) in [4.78, 5) is 24.4. The molecule has 154 valence electrons. The Hall–Kier alpha value is -1.52. The molecule has 9 heteroatoms. The second kappa shape index (κ2) is 9.11. The molecule has 0 unspecified atom stereocenters. The zero-order chi connectivity index (χ0) is 19.5. The Morgan fingerprint density at radius 2 is 1.74 bits per heavy atom. The first-order valence-electron chi connectivity index (χ1n) is 8.94. The Bertz CT molecular complexity index is 653. The molecule has 2 N–H and O–H groups in total. The van der Waals surface area contributed by atoms with Crippen LogP contribution in [0.5, 0.6) is 0 Å². The van der Waals surface area contributed by atoms with Crippen molar-refractivity contribution in [2.45, 2.75) is 59.1 Å². The molecule has 0 aromatic carbocycles. The number of nitrogens with zero attached hydrogens (tertiary/aromatic N) is 4. The van der Waals surface area contributed by atoms with Gasteiger partial charge in [-0.3, -0.25) is 0 Å². The number of carbonyl (C=O) groups excluding carboxylic acids is 1. The van der Waals surface area contributed by atoms with Crippen LogP contribution in [-0.2, 0) is 16.7 Å². The smallest absolute Gasteiger partial charge is 0.410 e. The molecule has 1 saturated heterocycles. The van der Waals surface area contributed by atoms with Crippen LogP contribution in [0.15, 0.2) is 15.6 Å². The Balaban J connectivity index is 0.00000364.